The molecule has 2 saturated heterocycles. The van der Waals surface area contributed by atoms with Crippen molar-refractivity contribution in [2.75, 3.05) is 19.6 Å². The van der Waals surface area contributed by atoms with Gasteiger partial charge in [0, 0.05) is 13.1 Å². The first-order chi connectivity index (χ1) is 8.62. The quantitative estimate of drug-likeness (QED) is 0.649. The lowest BCUT2D eigenvalue weighted by atomic mass is 10.1. The van der Waals surface area contributed by atoms with E-state index in [9.17, 15) is 19.5 Å². The van der Waals surface area contributed by atoms with Gasteiger partial charge in [-0.25, -0.2) is 4.79 Å². The molecule has 7 nitrogen and oxygen atoms in total. The van der Waals surface area contributed by atoms with E-state index in [1.165, 1.54) is 4.90 Å². The Hall–Kier alpha value is -1.63. The summed E-state index contributed by atoms with van der Waals surface area (Å²) in [7, 11) is 0. The second-order valence-corrected chi connectivity index (χ2v) is 6.01. The molecule has 7 heteroatoms. The largest absolute Gasteiger partial charge is 0.388 e. The van der Waals surface area contributed by atoms with Gasteiger partial charge in [0.2, 0.25) is 5.91 Å². The molecule has 0 radical (unpaired) electrons. The van der Waals surface area contributed by atoms with Gasteiger partial charge < -0.3 is 15.3 Å². The lowest BCUT2D eigenvalue weighted by Gasteiger charge is -2.21. The van der Waals surface area contributed by atoms with Gasteiger partial charge in [-0.2, -0.15) is 0 Å². The smallest absolute Gasteiger partial charge is 0.325 e. The number of hydrogen-bond donors (Lipinski definition) is 2. The van der Waals surface area contributed by atoms with E-state index in [1.807, 2.05) is 0 Å². The molecule has 0 aromatic heterocycles. The van der Waals surface area contributed by atoms with E-state index in [4.69, 9.17) is 0 Å². The van der Waals surface area contributed by atoms with E-state index in [1.54, 1.807) is 20.8 Å². The average Bonchev–Trinajstić information content (AvgIpc) is 2.71. The Morgan fingerprint density at radius 3 is 2.42 bits per heavy atom. The van der Waals surface area contributed by atoms with Crippen LogP contribution in [0, 0.1) is 0 Å². The van der Waals surface area contributed by atoms with E-state index in [0.29, 0.717) is 13.0 Å². The number of hydrogen-bond acceptors (Lipinski definition) is 4. The second kappa shape index (κ2) is 4.19. The molecule has 0 aliphatic carbocycles. The van der Waals surface area contributed by atoms with Crippen LogP contribution < -0.4 is 5.32 Å². The van der Waals surface area contributed by atoms with Crippen LogP contribution in [0.4, 0.5) is 4.79 Å². The van der Waals surface area contributed by atoms with E-state index in [-0.39, 0.29) is 19.0 Å². The predicted molar refractivity (Wildman–Crippen MR) is 66.1 cm³/mol. The third-order valence-corrected chi connectivity index (χ3v) is 3.54. The van der Waals surface area contributed by atoms with Crippen molar-refractivity contribution in [1.82, 2.24) is 15.1 Å². The number of nitrogens with zero attached hydrogens (tertiary/aromatic N) is 2. The molecule has 19 heavy (non-hydrogen) atoms. The van der Waals surface area contributed by atoms with E-state index < -0.39 is 23.1 Å². The monoisotopic (exact) mass is 269 g/mol. The van der Waals surface area contributed by atoms with Gasteiger partial charge in [-0.1, -0.05) is 0 Å². The number of carbonyl (C=O) groups excluding carboxylic acids is 3. The maximum atomic E-state index is 12.0. The highest BCUT2D eigenvalue weighted by Crippen LogP contribution is 2.21. The highest BCUT2D eigenvalue weighted by atomic mass is 16.3. The van der Waals surface area contributed by atoms with Crippen LogP contribution in [-0.4, -0.2) is 63.5 Å². The topological polar surface area (TPSA) is 89.9 Å². The van der Waals surface area contributed by atoms with Crippen molar-refractivity contribution >= 4 is 17.8 Å². The molecule has 0 spiro atoms. The molecule has 2 aliphatic rings. The van der Waals surface area contributed by atoms with Crippen molar-refractivity contribution in [3.8, 4) is 0 Å². The second-order valence-electron chi connectivity index (χ2n) is 6.01. The van der Waals surface area contributed by atoms with Crippen molar-refractivity contribution < 1.29 is 19.5 Å². The molecule has 2 fully saturated rings. The fourth-order valence-electron chi connectivity index (χ4n) is 2.35. The van der Waals surface area contributed by atoms with Crippen LogP contribution in [0.2, 0.25) is 0 Å². The van der Waals surface area contributed by atoms with Crippen LogP contribution in [0.5, 0.6) is 0 Å². The standard InChI is InChI=1S/C12H19N3O4/c1-11(2)9(17)15(10(18)13-11)6-8(16)14-5-4-12(3,19)7-14/h19H,4-7H2,1-3H3,(H,13,18). The van der Waals surface area contributed by atoms with Crippen molar-refractivity contribution in [2.45, 2.75) is 38.3 Å². The molecular formula is C12H19N3O4. The van der Waals surface area contributed by atoms with Gasteiger partial charge in [-0.05, 0) is 27.2 Å². The number of β-amino-alcohol motifs (C(OH)–C–C–N with tert-alkyl or cyclic N) is 1. The fourth-order valence-corrected chi connectivity index (χ4v) is 2.35. The summed E-state index contributed by atoms with van der Waals surface area (Å²) in [6.07, 6.45) is 0.504. The predicted octanol–water partition coefficient (Wildman–Crippen LogP) is -0.700. The van der Waals surface area contributed by atoms with Crippen LogP contribution in [0.25, 0.3) is 0 Å². The number of imide groups is 1. The summed E-state index contributed by atoms with van der Waals surface area (Å²) in [4.78, 5) is 38.0. The van der Waals surface area contributed by atoms with Crippen molar-refractivity contribution in [3.63, 3.8) is 0 Å². The summed E-state index contributed by atoms with van der Waals surface area (Å²) in [6, 6.07) is -0.547. The number of carbonyl (C=O) groups is 3. The van der Waals surface area contributed by atoms with Crippen molar-refractivity contribution in [1.29, 1.82) is 0 Å². The minimum absolute atomic E-state index is 0.235. The summed E-state index contributed by atoms with van der Waals surface area (Å²) in [5.41, 5.74) is -1.85. The highest BCUT2D eigenvalue weighted by Gasteiger charge is 2.46. The van der Waals surface area contributed by atoms with Crippen LogP contribution >= 0.6 is 0 Å². The zero-order chi connectivity index (χ0) is 14.4. The van der Waals surface area contributed by atoms with Gasteiger partial charge in [0.15, 0.2) is 0 Å². The normalized spacial score (nSPS) is 29.9. The van der Waals surface area contributed by atoms with Crippen LogP contribution in [0.3, 0.4) is 0 Å². The van der Waals surface area contributed by atoms with Gasteiger partial charge >= 0.3 is 6.03 Å². The number of amides is 4. The minimum Gasteiger partial charge on any atom is -0.388 e. The van der Waals surface area contributed by atoms with Gasteiger partial charge in [0.25, 0.3) is 5.91 Å². The van der Waals surface area contributed by atoms with Crippen molar-refractivity contribution in [3.05, 3.63) is 0 Å². The van der Waals surface area contributed by atoms with E-state index in [0.717, 1.165) is 4.90 Å². The molecule has 0 bridgehead atoms. The third-order valence-electron chi connectivity index (χ3n) is 3.54. The summed E-state index contributed by atoms with van der Waals surface area (Å²) >= 11 is 0. The summed E-state index contributed by atoms with van der Waals surface area (Å²) in [6.45, 7) is 5.26. The van der Waals surface area contributed by atoms with Gasteiger partial charge in [0.05, 0.1) is 5.60 Å². The average molecular weight is 269 g/mol. The molecule has 4 amide bonds. The minimum atomic E-state index is -0.964. The maximum absolute atomic E-state index is 12.0. The van der Waals surface area contributed by atoms with Gasteiger partial charge in [-0.15, -0.1) is 0 Å². The zero-order valence-electron chi connectivity index (χ0n) is 11.4. The number of likely N-dealkylation sites (tertiary alicyclic amines) is 1. The fraction of sp³-hybridized carbons (Fsp3) is 0.750. The van der Waals surface area contributed by atoms with Crippen LogP contribution in [0.1, 0.15) is 27.2 Å². The molecule has 0 aromatic carbocycles. The molecule has 0 saturated carbocycles. The number of rotatable bonds is 2. The third kappa shape index (κ3) is 2.56. The first-order valence-corrected chi connectivity index (χ1v) is 6.27. The Morgan fingerprint density at radius 2 is 2.00 bits per heavy atom. The first-order valence-electron chi connectivity index (χ1n) is 6.27. The summed E-state index contributed by atoms with van der Waals surface area (Å²) in [5, 5.41) is 12.3. The zero-order valence-corrected chi connectivity index (χ0v) is 11.4. The van der Waals surface area contributed by atoms with Crippen LogP contribution in [0.15, 0.2) is 0 Å². The number of aliphatic hydroxyl groups is 1. The molecule has 2 rings (SSSR count). The Kier molecular flexibility index (Phi) is 3.04. The Balaban J connectivity index is 2.01. The number of urea groups is 1. The molecule has 0 aromatic rings. The van der Waals surface area contributed by atoms with Crippen molar-refractivity contribution in [2.24, 2.45) is 0 Å². The van der Waals surface area contributed by atoms with E-state index in [2.05, 4.69) is 5.32 Å². The molecular weight excluding hydrogens is 250 g/mol. The molecule has 106 valence electrons. The maximum Gasteiger partial charge on any atom is 0.325 e. The Labute approximate surface area is 111 Å². The van der Waals surface area contributed by atoms with Gasteiger partial charge in [0.1, 0.15) is 12.1 Å². The molecule has 2 N–H and O–H groups in total. The molecule has 1 atom stereocenters. The summed E-state index contributed by atoms with van der Waals surface area (Å²) < 4.78 is 0. The summed E-state index contributed by atoms with van der Waals surface area (Å²) in [5.74, 6) is -0.726. The first kappa shape index (κ1) is 13.8. The number of nitrogens with one attached hydrogen (secondary N) is 1. The molecule has 2 heterocycles. The van der Waals surface area contributed by atoms with Gasteiger partial charge in [-0.3, -0.25) is 14.5 Å². The lowest BCUT2D eigenvalue weighted by Crippen LogP contribution is -2.44. The molecule has 2 aliphatic heterocycles. The van der Waals surface area contributed by atoms with E-state index >= 15 is 0 Å². The highest BCUT2D eigenvalue weighted by molar-refractivity contribution is 6.08. The molecule has 1 unspecified atom stereocenters. The SMILES string of the molecule is CC1(O)CCN(C(=O)CN2C(=O)NC(C)(C)C2=O)C1. The lowest BCUT2D eigenvalue weighted by molar-refractivity contribution is -0.138. The Morgan fingerprint density at radius 1 is 1.37 bits per heavy atom. The Bertz CT molecular complexity index is 444. The van der Waals surface area contributed by atoms with Crippen LogP contribution in [-0.2, 0) is 9.59 Å².